The number of hydrogen-bond acceptors (Lipinski definition) is 4. The van der Waals surface area contributed by atoms with Gasteiger partial charge in [0.25, 0.3) is 0 Å². The molecule has 1 aliphatic heterocycles. The maximum absolute atomic E-state index is 13.8. The molecule has 0 bridgehead atoms. The summed E-state index contributed by atoms with van der Waals surface area (Å²) >= 11 is 0. The monoisotopic (exact) mass is 296 g/mol. The van der Waals surface area contributed by atoms with Crippen LogP contribution >= 0.6 is 0 Å². The lowest BCUT2D eigenvalue weighted by Crippen LogP contribution is -2.31. The van der Waals surface area contributed by atoms with Gasteiger partial charge in [0.1, 0.15) is 22.9 Å². The van der Waals surface area contributed by atoms with Crippen molar-refractivity contribution < 1.29 is 12.8 Å². The second kappa shape index (κ2) is 4.95. The van der Waals surface area contributed by atoms with Crippen molar-refractivity contribution in [2.75, 3.05) is 6.54 Å². The second-order valence-corrected chi connectivity index (χ2v) is 6.43. The molecule has 106 valence electrons. The number of aromatic amines is 1. The normalized spacial score (nSPS) is 20.4. The van der Waals surface area contributed by atoms with Crippen LogP contribution in [0, 0.1) is 5.82 Å². The van der Waals surface area contributed by atoms with Crippen molar-refractivity contribution in [3.8, 4) is 0 Å². The van der Waals surface area contributed by atoms with E-state index in [1.54, 1.807) is 0 Å². The summed E-state index contributed by atoms with van der Waals surface area (Å²) in [6.07, 6.45) is 2.68. The van der Waals surface area contributed by atoms with Gasteiger partial charge in [0.05, 0.1) is 6.04 Å². The Hall–Kier alpha value is -1.80. The van der Waals surface area contributed by atoms with Crippen LogP contribution in [-0.2, 0) is 10.0 Å². The van der Waals surface area contributed by atoms with Crippen molar-refractivity contribution in [1.29, 1.82) is 0 Å². The van der Waals surface area contributed by atoms with Crippen LogP contribution < -0.4 is 0 Å². The molecule has 0 amide bonds. The van der Waals surface area contributed by atoms with E-state index in [2.05, 4.69) is 15.2 Å². The molecule has 3 rings (SSSR count). The number of hydrogen-bond donors (Lipinski definition) is 1. The van der Waals surface area contributed by atoms with E-state index >= 15 is 0 Å². The SMILES string of the molecule is O=S(=O)(c1ccccc1F)N1CCC[C@@H]1c1ncn[nH]1. The van der Waals surface area contributed by atoms with Gasteiger partial charge < -0.3 is 0 Å². The average Bonchev–Trinajstić information content (AvgIpc) is 3.10. The fraction of sp³-hybridized carbons (Fsp3) is 0.333. The van der Waals surface area contributed by atoms with Crippen molar-refractivity contribution in [1.82, 2.24) is 19.5 Å². The van der Waals surface area contributed by atoms with Crippen LogP contribution in [0.5, 0.6) is 0 Å². The maximum Gasteiger partial charge on any atom is 0.246 e. The first-order valence-corrected chi connectivity index (χ1v) is 7.66. The molecule has 6 nitrogen and oxygen atoms in total. The van der Waals surface area contributed by atoms with Gasteiger partial charge in [-0.2, -0.15) is 9.40 Å². The highest BCUT2D eigenvalue weighted by atomic mass is 32.2. The van der Waals surface area contributed by atoms with Gasteiger partial charge in [0.15, 0.2) is 0 Å². The number of nitrogens with zero attached hydrogens (tertiary/aromatic N) is 3. The van der Waals surface area contributed by atoms with Crippen LogP contribution in [0.15, 0.2) is 35.5 Å². The Morgan fingerprint density at radius 1 is 1.35 bits per heavy atom. The quantitative estimate of drug-likeness (QED) is 0.930. The van der Waals surface area contributed by atoms with Crippen molar-refractivity contribution in [2.45, 2.75) is 23.8 Å². The lowest BCUT2D eigenvalue weighted by atomic mass is 10.2. The van der Waals surface area contributed by atoms with E-state index in [1.165, 1.54) is 28.8 Å². The smallest absolute Gasteiger partial charge is 0.246 e. The molecule has 8 heteroatoms. The number of H-pyrrole nitrogens is 1. The van der Waals surface area contributed by atoms with Crippen LogP contribution in [0.4, 0.5) is 4.39 Å². The standard InChI is InChI=1S/C12H13FN4O2S/c13-9-4-1-2-6-11(9)20(18,19)17-7-3-5-10(17)12-14-8-15-16-12/h1-2,4,6,8,10H,3,5,7H2,(H,14,15,16)/t10-/m1/s1. The Morgan fingerprint density at radius 2 is 2.15 bits per heavy atom. The molecule has 1 aliphatic rings. The first kappa shape index (κ1) is 13.2. The fourth-order valence-corrected chi connectivity index (χ4v) is 4.18. The van der Waals surface area contributed by atoms with Gasteiger partial charge in [0.2, 0.25) is 10.0 Å². The highest BCUT2D eigenvalue weighted by molar-refractivity contribution is 7.89. The number of halogens is 1. The zero-order valence-corrected chi connectivity index (χ0v) is 11.3. The molecule has 1 saturated heterocycles. The lowest BCUT2D eigenvalue weighted by Gasteiger charge is -2.22. The molecule has 2 heterocycles. The minimum absolute atomic E-state index is 0.300. The Balaban J connectivity index is 2.01. The van der Waals surface area contributed by atoms with Gasteiger partial charge in [-0.15, -0.1) is 0 Å². The van der Waals surface area contributed by atoms with Crippen LogP contribution in [0.2, 0.25) is 0 Å². The van der Waals surface area contributed by atoms with Gasteiger partial charge >= 0.3 is 0 Å². The summed E-state index contributed by atoms with van der Waals surface area (Å²) in [6.45, 7) is 0.349. The highest BCUT2D eigenvalue weighted by Crippen LogP contribution is 2.35. The van der Waals surface area contributed by atoms with Crippen LogP contribution in [0.1, 0.15) is 24.7 Å². The van der Waals surface area contributed by atoms with E-state index < -0.39 is 21.9 Å². The summed E-state index contributed by atoms with van der Waals surface area (Å²) in [5, 5.41) is 6.43. The minimum atomic E-state index is -3.87. The van der Waals surface area contributed by atoms with Gasteiger partial charge in [-0.3, -0.25) is 5.10 Å². The zero-order valence-electron chi connectivity index (χ0n) is 10.5. The fourth-order valence-electron chi connectivity index (χ4n) is 2.46. The number of rotatable bonds is 3. The molecule has 20 heavy (non-hydrogen) atoms. The third kappa shape index (κ3) is 2.10. The third-order valence-electron chi connectivity index (χ3n) is 3.38. The van der Waals surface area contributed by atoms with E-state index in [-0.39, 0.29) is 4.90 Å². The summed E-state index contributed by atoms with van der Waals surface area (Å²) in [5.41, 5.74) is 0. The van der Waals surface area contributed by atoms with Gasteiger partial charge in [-0.25, -0.2) is 17.8 Å². The molecule has 0 spiro atoms. The summed E-state index contributed by atoms with van der Waals surface area (Å²) < 4.78 is 40.2. The maximum atomic E-state index is 13.8. The molecule has 1 fully saturated rings. The Labute approximate surface area is 115 Å². The molecule has 1 atom stereocenters. The zero-order chi connectivity index (χ0) is 14.2. The summed E-state index contributed by atoms with van der Waals surface area (Å²) in [5.74, 6) is -0.252. The summed E-state index contributed by atoms with van der Waals surface area (Å²) in [4.78, 5) is 3.71. The summed E-state index contributed by atoms with van der Waals surface area (Å²) in [6, 6.07) is 4.98. The van der Waals surface area contributed by atoms with Gasteiger partial charge in [0, 0.05) is 6.54 Å². The molecule has 1 aromatic carbocycles. The molecule has 1 N–H and O–H groups in total. The van der Waals surface area contributed by atoms with Gasteiger partial charge in [-0.05, 0) is 25.0 Å². The van der Waals surface area contributed by atoms with Crippen LogP contribution in [-0.4, -0.2) is 34.4 Å². The van der Waals surface area contributed by atoms with E-state index in [0.717, 1.165) is 6.07 Å². The van der Waals surface area contributed by atoms with E-state index in [1.807, 2.05) is 0 Å². The van der Waals surface area contributed by atoms with Crippen LogP contribution in [0.25, 0.3) is 0 Å². The van der Waals surface area contributed by atoms with E-state index in [0.29, 0.717) is 25.2 Å². The number of nitrogens with one attached hydrogen (secondary N) is 1. The van der Waals surface area contributed by atoms with Crippen LogP contribution in [0.3, 0.4) is 0 Å². The predicted octanol–water partition coefficient (Wildman–Crippen LogP) is 1.47. The van der Waals surface area contributed by atoms with Crippen molar-refractivity contribution in [3.05, 3.63) is 42.2 Å². The minimum Gasteiger partial charge on any atom is -0.262 e. The molecule has 0 unspecified atom stereocenters. The average molecular weight is 296 g/mol. The molecule has 0 saturated carbocycles. The first-order valence-electron chi connectivity index (χ1n) is 6.22. The predicted molar refractivity (Wildman–Crippen MR) is 68.6 cm³/mol. The molecular weight excluding hydrogens is 283 g/mol. The van der Waals surface area contributed by atoms with Crippen molar-refractivity contribution >= 4 is 10.0 Å². The Kier molecular flexibility index (Phi) is 3.27. The van der Waals surface area contributed by atoms with E-state index in [4.69, 9.17) is 0 Å². The van der Waals surface area contributed by atoms with Crippen molar-refractivity contribution in [3.63, 3.8) is 0 Å². The molecule has 2 aromatic rings. The number of aromatic nitrogens is 3. The van der Waals surface area contributed by atoms with Crippen molar-refractivity contribution in [2.24, 2.45) is 0 Å². The number of benzene rings is 1. The number of sulfonamides is 1. The largest absolute Gasteiger partial charge is 0.262 e. The molecule has 1 aromatic heterocycles. The lowest BCUT2D eigenvalue weighted by molar-refractivity contribution is 0.381. The third-order valence-corrected chi connectivity index (χ3v) is 5.32. The Morgan fingerprint density at radius 3 is 2.85 bits per heavy atom. The highest BCUT2D eigenvalue weighted by Gasteiger charge is 2.38. The van der Waals surface area contributed by atoms with E-state index in [9.17, 15) is 12.8 Å². The second-order valence-electron chi connectivity index (χ2n) is 4.57. The van der Waals surface area contributed by atoms with Gasteiger partial charge in [-0.1, -0.05) is 12.1 Å². The molecule has 0 radical (unpaired) electrons. The first-order chi connectivity index (χ1) is 9.60. The summed E-state index contributed by atoms with van der Waals surface area (Å²) in [7, 11) is -3.87. The Bertz CT molecular complexity index is 702. The molecular formula is C12H13FN4O2S. The molecule has 0 aliphatic carbocycles. The topological polar surface area (TPSA) is 79.0 Å².